The van der Waals surface area contributed by atoms with Crippen molar-refractivity contribution >= 4 is 29.0 Å². The lowest BCUT2D eigenvalue weighted by molar-refractivity contribution is -0.351. The Labute approximate surface area is 327 Å². The van der Waals surface area contributed by atoms with Crippen molar-refractivity contribution in [1.82, 2.24) is 5.32 Å². The highest BCUT2D eigenvalue weighted by Crippen LogP contribution is 2.35. The first-order valence-corrected chi connectivity index (χ1v) is 21.7. The van der Waals surface area contributed by atoms with Crippen LogP contribution < -0.4 is 5.32 Å². The second-order valence-electron chi connectivity index (χ2n) is 14.9. The fraction of sp³-hybridized carbons (Fsp3) is 0.974. The maximum atomic E-state index is 11.2. The van der Waals surface area contributed by atoms with Crippen LogP contribution in [0, 0.1) is 11.3 Å². The monoisotopic (exact) mass is 797 g/mol. The second-order valence-corrected chi connectivity index (χ2v) is 16.5. The summed E-state index contributed by atoms with van der Waals surface area (Å²) in [5.41, 5.74) is -0.368. The minimum absolute atomic E-state index is 0.324. The lowest BCUT2D eigenvalue weighted by Gasteiger charge is -2.47. The first kappa shape index (κ1) is 47.1. The highest BCUT2D eigenvalue weighted by atomic mass is 32.2. The van der Waals surface area contributed by atoms with Crippen molar-refractivity contribution in [2.45, 2.75) is 153 Å². The van der Waals surface area contributed by atoms with Gasteiger partial charge in [-0.2, -0.15) is 11.8 Å². The molecular formula is C38H71NO12S2. The number of nitrogens with one attached hydrogen (secondary N) is 1. The Hall–Kier alpha value is -0.240. The summed E-state index contributed by atoms with van der Waals surface area (Å²) in [6, 6.07) is 0. The van der Waals surface area contributed by atoms with Crippen LogP contribution in [0.4, 0.5) is 0 Å². The van der Waals surface area contributed by atoms with Gasteiger partial charge in [0.25, 0.3) is 0 Å². The highest BCUT2D eigenvalue weighted by Gasteiger charge is 2.51. The third kappa shape index (κ3) is 15.9. The van der Waals surface area contributed by atoms with Crippen LogP contribution in [-0.2, 0) is 33.2 Å². The minimum atomic E-state index is -1.40. The molecule has 53 heavy (non-hydrogen) atoms. The lowest BCUT2D eigenvalue weighted by atomic mass is 9.85. The molecule has 13 nitrogen and oxygen atoms in total. The van der Waals surface area contributed by atoms with E-state index < -0.39 is 61.2 Å². The van der Waals surface area contributed by atoms with Crippen molar-refractivity contribution in [3.05, 3.63) is 0 Å². The van der Waals surface area contributed by atoms with Gasteiger partial charge in [-0.3, -0.25) is 0 Å². The van der Waals surface area contributed by atoms with Crippen LogP contribution in [0.15, 0.2) is 0 Å². The number of aliphatic hydroxyl groups is 5. The molecule has 0 aromatic carbocycles. The van der Waals surface area contributed by atoms with Gasteiger partial charge in [0.2, 0.25) is 0 Å². The second kappa shape index (κ2) is 26.6. The number of thiocarbonyl (C=S) groups is 1. The predicted octanol–water partition coefficient (Wildman–Crippen LogP) is 3.33. The molecule has 6 rings (SSSR count). The Morgan fingerprint density at radius 2 is 1.36 bits per heavy atom. The van der Waals surface area contributed by atoms with Gasteiger partial charge in [0.15, 0.2) is 12.6 Å². The SMILES string of the molecule is CCCCOCC(CNC(=S)CCCSCC1O[C@@H]2OCCCCCC3C(CO)O[C@H](OC1[C@H](O)C2O)C(O)[C@H]3O)(COCCCC)COCCCC. The first-order valence-electron chi connectivity index (χ1n) is 20.2. The molecule has 15 heteroatoms. The van der Waals surface area contributed by atoms with Gasteiger partial charge in [0.1, 0.15) is 24.4 Å². The van der Waals surface area contributed by atoms with Gasteiger partial charge in [0.05, 0.1) is 55.1 Å². The third-order valence-corrected chi connectivity index (χ3v) is 11.7. The number of aliphatic hydroxyl groups excluding tert-OH is 5. The summed E-state index contributed by atoms with van der Waals surface area (Å²) >= 11 is 7.37. The Balaban J connectivity index is 1.58. The van der Waals surface area contributed by atoms with Crippen LogP contribution in [0.2, 0.25) is 0 Å². The van der Waals surface area contributed by atoms with Gasteiger partial charge < -0.3 is 64.0 Å². The minimum Gasteiger partial charge on any atom is -0.394 e. The van der Waals surface area contributed by atoms with Crippen LogP contribution in [0.25, 0.3) is 0 Å². The van der Waals surface area contributed by atoms with Gasteiger partial charge in [-0.25, -0.2) is 0 Å². The van der Waals surface area contributed by atoms with Crippen LogP contribution >= 0.6 is 24.0 Å². The van der Waals surface area contributed by atoms with Crippen molar-refractivity contribution in [2.75, 3.05) is 70.9 Å². The molecule has 6 saturated heterocycles. The average Bonchev–Trinajstić information content (AvgIpc) is 3.17. The van der Waals surface area contributed by atoms with E-state index in [4.69, 9.17) is 45.4 Å². The normalized spacial score (nSPS) is 31.3. The quantitative estimate of drug-likeness (QED) is 0.0619. The summed E-state index contributed by atoms with van der Waals surface area (Å²) < 4.78 is 42.5. The van der Waals surface area contributed by atoms with E-state index in [1.807, 2.05) is 0 Å². The molecular weight excluding hydrogens is 727 g/mol. The van der Waals surface area contributed by atoms with Crippen LogP contribution in [-0.4, -0.2) is 157 Å². The number of hydrogen-bond donors (Lipinski definition) is 6. The van der Waals surface area contributed by atoms with Gasteiger partial charge in [-0.15, -0.1) is 0 Å². The molecule has 4 bridgehead atoms. The van der Waals surface area contributed by atoms with Crippen molar-refractivity contribution < 1.29 is 58.7 Å². The van der Waals surface area contributed by atoms with E-state index in [0.29, 0.717) is 77.8 Å². The molecule has 0 aromatic rings. The van der Waals surface area contributed by atoms with E-state index in [9.17, 15) is 25.5 Å². The average molecular weight is 798 g/mol. The number of rotatable bonds is 24. The van der Waals surface area contributed by atoms with Crippen LogP contribution in [0.3, 0.4) is 0 Å². The van der Waals surface area contributed by atoms with E-state index >= 15 is 0 Å². The van der Waals surface area contributed by atoms with Crippen LogP contribution in [0.1, 0.15) is 97.8 Å². The van der Waals surface area contributed by atoms with Gasteiger partial charge in [-0.05, 0) is 50.7 Å². The standard InChI is InChI=1S/C38H71NO12S2/c1-4-7-16-45-24-38(25-46-17-8-5-2,26-47-18-9-6-3)23-39-30(52)15-13-20-53-22-29-35-32(42)34(44)36(50-29)48-19-12-10-11-14-27-28(21-40)49-37(51-35)33(43)31(27)41/h27-29,31-37,40-44H,4-26H2,1-3H3,(H,39,52)/t27?,28?,29?,31-,32+,33?,34?,35?,36-,37+/m0/s1. The Kier molecular flexibility index (Phi) is 23.7. The van der Waals surface area contributed by atoms with E-state index in [1.54, 1.807) is 11.8 Å². The molecule has 6 fully saturated rings. The summed E-state index contributed by atoms with van der Waals surface area (Å²) in [5.74, 6) is 0.665. The fourth-order valence-corrected chi connectivity index (χ4v) is 8.02. The molecule has 312 valence electrons. The maximum Gasteiger partial charge on any atom is 0.187 e. The Morgan fingerprint density at radius 3 is 1.96 bits per heavy atom. The smallest absolute Gasteiger partial charge is 0.187 e. The van der Waals surface area contributed by atoms with E-state index in [2.05, 4.69) is 26.1 Å². The molecule has 6 heterocycles. The zero-order chi connectivity index (χ0) is 38.5. The van der Waals surface area contributed by atoms with Crippen molar-refractivity contribution in [3.8, 4) is 0 Å². The summed E-state index contributed by atoms with van der Waals surface area (Å²) in [6.07, 6.45) is 0.119. The summed E-state index contributed by atoms with van der Waals surface area (Å²) in [7, 11) is 0. The molecule has 0 saturated carbocycles. The number of thioether (sulfide) groups is 1. The van der Waals surface area contributed by atoms with Gasteiger partial charge >= 0.3 is 0 Å². The molecule has 0 radical (unpaired) electrons. The highest BCUT2D eigenvalue weighted by molar-refractivity contribution is 7.99. The van der Waals surface area contributed by atoms with Crippen molar-refractivity contribution in [2.24, 2.45) is 11.3 Å². The topological polar surface area (TPSA) is 178 Å². The van der Waals surface area contributed by atoms with Crippen molar-refractivity contribution in [3.63, 3.8) is 0 Å². The van der Waals surface area contributed by atoms with E-state index in [-0.39, 0.29) is 12.0 Å². The number of unbranched alkanes of at least 4 members (excludes halogenated alkanes) is 3. The van der Waals surface area contributed by atoms with E-state index in [0.717, 1.165) is 68.5 Å². The molecule has 6 aliphatic heterocycles. The zero-order valence-electron chi connectivity index (χ0n) is 32.4. The van der Waals surface area contributed by atoms with Crippen molar-refractivity contribution in [1.29, 1.82) is 0 Å². The summed E-state index contributed by atoms with van der Waals surface area (Å²) in [6.45, 7) is 10.7. The third-order valence-electron chi connectivity index (χ3n) is 10.2. The lowest BCUT2D eigenvalue weighted by Crippen LogP contribution is -2.63. The first-order chi connectivity index (χ1) is 25.7. The summed E-state index contributed by atoms with van der Waals surface area (Å²) in [4.78, 5) is 0.754. The van der Waals surface area contributed by atoms with Crippen LogP contribution in [0.5, 0.6) is 0 Å². The molecule has 10 atom stereocenters. The Bertz CT molecular complexity index is 939. The van der Waals surface area contributed by atoms with Gasteiger partial charge in [-0.1, -0.05) is 65.1 Å². The Morgan fingerprint density at radius 1 is 0.755 bits per heavy atom. The largest absolute Gasteiger partial charge is 0.394 e. The number of ether oxygens (including phenoxy) is 7. The predicted molar refractivity (Wildman–Crippen MR) is 208 cm³/mol. The maximum absolute atomic E-state index is 11.2. The zero-order valence-corrected chi connectivity index (χ0v) is 34.1. The molecule has 0 amide bonds. The van der Waals surface area contributed by atoms with Gasteiger partial charge in [0, 0.05) is 44.6 Å². The molecule has 6 N–H and O–H groups in total. The summed E-state index contributed by atoms with van der Waals surface area (Å²) in [5, 5.41) is 57.6. The van der Waals surface area contributed by atoms with E-state index in [1.165, 1.54) is 0 Å². The molecule has 0 aromatic heterocycles. The number of hydrogen-bond acceptors (Lipinski definition) is 14. The fourth-order valence-electron chi connectivity index (χ4n) is 6.79. The molecule has 6 unspecified atom stereocenters. The molecule has 6 aliphatic rings. The molecule has 0 aliphatic carbocycles. The molecule has 0 spiro atoms.